The maximum Gasteiger partial charge on any atom is 0.313 e. The fourth-order valence-electron chi connectivity index (χ4n) is 2.26. The quantitative estimate of drug-likeness (QED) is 0.493. The molecule has 1 atom stereocenters. The molecule has 1 heterocycles. The first-order valence-electron chi connectivity index (χ1n) is 7.17. The zero-order valence-corrected chi connectivity index (χ0v) is 12.0. The molecule has 110 valence electrons. The summed E-state index contributed by atoms with van der Waals surface area (Å²) in [5.74, 6) is -0.502. The summed E-state index contributed by atoms with van der Waals surface area (Å²) in [4.78, 5) is 25.0. The van der Waals surface area contributed by atoms with Gasteiger partial charge in [-0.1, -0.05) is 6.92 Å². The molecule has 5 heteroatoms. The van der Waals surface area contributed by atoms with E-state index in [1.807, 2.05) is 0 Å². The van der Waals surface area contributed by atoms with Crippen LogP contribution in [0.15, 0.2) is 0 Å². The number of carbonyl (C=O) groups is 2. The monoisotopic (exact) mass is 271 g/mol. The van der Waals surface area contributed by atoms with Crippen LogP contribution in [0.1, 0.15) is 39.5 Å². The molecular formula is C14H25NO4. The first-order valence-corrected chi connectivity index (χ1v) is 7.17. The summed E-state index contributed by atoms with van der Waals surface area (Å²) in [6.45, 7) is 6.93. The second kappa shape index (κ2) is 9.04. The van der Waals surface area contributed by atoms with Gasteiger partial charge >= 0.3 is 5.97 Å². The lowest BCUT2D eigenvalue weighted by molar-refractivity contribution is -0.145. The molecule has 1 aliphatic heterocycles. The maximum atomic E-state index is 11.7. The summed E-state index contributed by atoms with van der Waals surface area (Å²) >= 11 is 0. The van der Waals surface area contributed by atoms with Crippen LogP contribution in [-0.2, 0) is 19.1 Å². The van der Waals surface area contributed by atoms with Crippen LogP contribution < -0.4 is 0 Å². The van der Waals surface area contributed by atoms with Gasteiger partial charge in [-0.15, -0.1) is 0 Å². The van der Waals surface area contributed by atoms with Crippen molar-refractivity contribution < 1.29 is 19.1 Å². The van der Waals surface area contributed by atoms with Gasteiger partial charge in [-0.2, -0.15) is 0 Å². The predicted octanol–water partition coefficient (Wildman–Crippen LogP) is 1.40. The smallest absolute Gasteiger partial charge is 0.313 e. The Labute approximate surface area is 115 Å². The van der Waals surface area contributed by atoms with E-state index in [0.717, 1.165) is 39.0 Å². The second-order valence-electron chi connectivity index (χ2n) is 4.89. The van der Waals surface area contributed by atoms with E-state index in [4.69, 9.17) is 9.47 Å². The highest BCUT2D eigenvalue weighted by Gasteiger charge is 2.22. The molecule has 1 saturated heterocycles. The molecule has 0 aromatic heterocycles. The summed E-state index contributed by atoms with van der Waals surface area (Å²) in [7, 11) is 0. The molecular weight excluding hydrogens is 246 g/mol. The molecule has 1 rings (SSSR count). The third-order valence-corrected chi connectivity index (χ3v) is 3.07. The van der Waals surface area contributed by atoms with Gasteiger partial charge in [0, 0.05) is 13.2 Å². The number of ether oxygens (including phenoxy) is 2. The van der Waals surface area contributed by atoms with Crippen LogP contribution in [-0.4, -0.2) is 55.6 Å². The number of likely N-dealkylation sites (tertiary alicyclic amines) is 1. The Morgan fingerprint density at radius 2 is 2.11 bits per heavy atom. The zero-order valence-electron chi connectivity index (χ0n) is 12.0. The van der Waals surface area contributed by atoms with Gasteiger partial charge in [-0.25, -0.2) is 0 Å². The van der Waals surface area contributed by atoms with Crippen molar-refractivity contribution in [2.24, 2.45) is 0 Å². The predicted molar refractivity (Wildman–Crippen MR) is 72.0 cm³/mol. The van der Waals surface area contributed by atoms with Gasteiger partial charge in [0.05, 0.1) is 19.3 Å². The fraction of sp³-hybridized carbons (Fsp3) is 0.857. The van der Waals surface area contributed by atoms with Gasteiger partial charge in [-0.3, -0.25) is 14.5 Å². The van der Waals surface area contributed by atoms with Gasteiger partial charge in [0.2, 0.25) is 0 Å². The largest absolute Gasteiger partial charge is 0.466 e. The summed E-state index contributed by atoms with van der Waals surface area (Å²) in [5, 5.41) is 0. The molecule has 5 nitrogen and oxygen atoms in total. The van der Waals surface area contributed by atoms with E-state index in [-0.39, 0.29) is 18.3 Å². The van der Waals surface area contributed by atoms with Crippen molar-refractivity contribution in [1.29, 1.82) is 0 Å². The Kier molecular flexibility index (Phi) is 7.67. The number of carbonyl (C=O) groups excluding carboxylic acids is 2. The minimum absolute atomic E-state index is 0.0745. The van der Waals surface area contributed by atoms with E-state index < -0.39 is 5.97 Å². The summed E-state index contributed by atoms with van der Waals surface area (Å²) in [6, 6.07) is 0. The van der Waals surface area contributed by atoms with Crippen molar-refractivity contribution >= 4 is 11.8 Å². The fourth-order valence-corrected chi connectivity index (χ4v) is 2.26. The minimum atomic E-state index is -0.428. The topological polar surface area (TPSA) is 55.8 Å². The van der Waals surface area contributed by atoms with Gasteiger partial charge in [0.1, 0.15) is 6.42 Å². The molecule has 0 aromatic rings. The number of hydrogen-bond acceptors (Lipinski definition) is 5. The van der Waals surface area contributed by atoms with Crippen molar-refractivity contribution in [2.45, 2.75) is 45.6 Å². The van der Waals surface area contributed by atoms with Crippen molar-refractivity contribution in [3.05, 3.63) is 0 Å². The number of hydrogen-bond donors (Lipinski definition) is 0. The van der Waals surface area contributed by atoms with Crippen molar-refractivity contribution in [2.75, 3.05) is 32.8 Å². The van der Waals surface area contributed by atoms with Gasteiger partial charge < -0.3 is 9.47 Å². The van der Waals surface area contributed by atoms with E-state index in [9.17, 15) is 9.59 Å². The van der Waals surface area contributed by atoms with Crippen molar-refractivity contribution in [3.8, 4) is 0 Å². The molecule has 0 saturated carbocycles. The lowest BCUT2D eigenvalue weighted by atomic mass is 10.1. The molecule has 1 fully saturated rings. The summed E-state index contributed by atoms with van der Waals surface area (Å²) in [6.07, 6.45) is 3.22. The molecule has 0 radical (unpaired) electrons. The molecule has 19 heavy (non-hydrogen) atoms. The van der Waals surface area contributed by atoms with Gasteiger partial charge in [0.25, 0.3) is 0 Å². The normalized spacial score (nSPS) is 20.2. The lowest BCUT2D eigenvalue weighted by Gasteiger charge is -2.32. The van der Waals surface area contributed by atoms with Crippen LogP contribution in [0.2, 0.25) is 0 Å². The van der Waals surface area contributed by atoms with Gasteiger partial charge in [-0.05, 0) is 32.7 Å². The van der Waals surface area contributed by atoms with Crippen LogP contribution in [0.5, 0.6) is 0 Å². The summed E-state index contributed by atoms with van der Waals surface area (Å²) in [5.41, 5.74) is 0. The number of piperidine rings is 1. The van der Waals surface area contributed by atoms with Crippen LogP contribution >= 0.6 is 0 Å². The van der Waals surface area contributed by atoms with Crippen LogP contribution in [0.25, 0.3) is 0 Å². The number of rotatable bonds is 8. The van der Waals surface area contributed by atoms with Gasteiger partial charge in [0.15, 0.2) is 5.78 Å². The highest BCUT2D eigenvalue weighted by atomic mass is 16.5. The molecule has 1 unspecified atom stereocenters. The first kappa shape index (κ1) is 16.1. The van der Waals surface area contributed by atoms with Crippen molar-refractivity contribution in [3.63, 3.8) is 0 Å². The Bertz CT molecular complexity index is 293. The molecule has 0 spiro atoms. The van der Waals surface area contributed by atoms with E-state index in [1.165, 1.54) is 0 Å². The Hall–Kier alpha value is -0.940. The molecule has 1 aliphatic rings. The minimum Gasteiger partial charge on any atom is -0.466 e. The molecule has 0 bridgehead atoms. The maximum absolute atomic E-state index is 11.7. The Morgan fingerprint density at radius 1 is 1.32 bits per heavy atom. The van der Waals surface area contributed by atoms with Crippen LogP contribution in [0.3, 0.4) is 0 Å². The second-order valence-corrected chi connectivity index (χ2v) is 4.89. The lowest BCUT2D eigenvalue weighted by Crippen LogP contribution is -2.42. The highest BCUT2D eigenvalue weighted by Crippen LogP contribution is 2.13. The van der Waals surface area contributed by atoms with E-state index in [1.54, 1.807) is 6.92 Å². The number of Topliss-reactive ketones (excluding diaryl/α,β-unsaturated/α-hetero) is 1. The molecule has 0 N–H and O–H groups in total. The number of ketones is 1. The average molecular weight is 271 g/mol. The SMILES string of the molecule is CCCOC1CCCN(CC(=O)CC(=O)OCC)C1. The standard InChI is InChI=1S/C14H25NO4/c1-3-8-19-13-6-5-7-15(11-13)10-12(16)9-14(17)18-4-2/h13H,3-11H2,1-2H3. The first-order chi connectivity index (χ1) is 9.15. The molecule has 0 aromatic carbocycles. The van der Waals surface area contributed by atoms with E-state index >= 15 is 0 Å². The summed E-state index contributed by atoms with van der Waals surface area (Å²) < 4.78 is 10.5. The Balaban J connectivity index is 2.27. The zero-order chi connectivity index (χ0) is 14.1. The third kappa shape index (κ3) is 6.68. The Morgan fingerprint density at radius 3 is 2.79 bits per heavy atom. The van der Waals surface area contributed by atoms with E-state index in [0.29, 0.717) is 13.2 Å². The molecule has 0 amide bonds. The number of esters is 1. The van der Waals surface area contributed by atoms with Crippen LogP contribution in [0.4, 0.5) is 0 Å². The number of nitrogens with zero attached hydrogens (tertiary/aromatic N) is 1. The average Bonchev–Trinajstić information content (AvgIpc) is 2.36. The molecule has 0 aliphatic carbocycles. The van der Waals surface area contributed by atoms with Crippen molar-refractivity contribution in [1.82, 2.24) is 4.90 Å². The van der Waals surface area contributed by atoms with E-state index in [2.05, 4.69) is 11.8 Å². The highest BCUT2D eigenvalue weighted by molar-refractivity contribution is 5.96. The third-order valence-electron chi connectivity index (χ3n) is 3.07. The van der Waals surface area contributed by atoms with Crippen LogP contribution in [0, 0.1) is 0 Å².